The molecule has 2 fully saturated rings. The van der Waals surface area contributed by atoms with E-state index in [1.807, 2.05) is 0 Å². The Hall–Kier alpha value is -4.62. The van der Waals surface area contributed by atoms with Crippen molar-refractivity contribution in [3.63, 3.8) is 0 Å². The predicted octanol–water partition coefficient (Wildman–Crippen LogP) is -5.83. The molecular formula is C25H41N11O8S. The van der Waals surface area contributed by atoms with Gasteiger partial charge in [-0.05, 0) is 32.1 Å². The molecule has 2 rings (SSSR count). The second kappa shape index (κ2) is 17.6. The van der Waals surface area contributed by atoms with Gasteiger partial charge in [0.05, 0.1) is 13.0 Å². The van der Waals surface area contributed by atoms with Gasteiger partial charge < -0.3 is 54.4 Å². The van der Waals surface area contributed by atoms with Crippen molar-refractivity contribution in [2.24, 2.45) is 27.9 Å². The van der Waals surface area contributed by atoms with E-state index in [-0.39, 0.29) is 56.4 Å². The zero-order valence-corrected chi connectivity index (χ0v) is 25.5. The van der Waals surface area contributed by atoms with Gasteiger partial charge in [-0.1, -0.05) is 0 Å². The van der Waals surface area contributed by atoms with Crippen LogP contribution in [0.25, 0.3) is 0 Å². The Morgan fingerprint density at radius 1 is 0.911 bits per heavy atom. The maximum atomic E-state index is 13.5. The van der Waals surface area contributed by atoms with E-state index in [0.717, 1.165) is 0 Å². The molecule has 0 unspecified atom stereocenters. The first-order valence-corrected chi connectivity index (χ1v) is 14.9. The highest BCUT2D eigenvalue weighted by atomic mass is 32.1. The van der Waals surface area contributed by atoms with Crippen LogP contribution in [-0.4, -0.2) is 114 Å². The molecule has 2 aliphatic heterocycles. The third-order valence-electron chi connectivity index (χ3n) is 7.00. The molecular weight excluding hydrogens is 614 g/mol. The molecule has 0 aromatic rings. The van der Waals surface area contributed by atoms with Crippen LogP contribution in [0.5, 0.6) is 0 Å². The highest BCUT2D eigenvalue weighted by Gasteiger charge is 2.39. The van der Waals surface area contributed by atoms with Crippen molar-refractivity contribution in [3.05, 3.63) is 0 Å². The molecule has 0 aromatic carbocycles. The van der Waals surface area contributed by atoms with Crippen LogP contribution in [0, 0.1) is 0 Å². The zero-order chi connectivity index (χ0) is 33.7. The molecule has 13 N–H and O–H groups in total. The van der Waals surface area contributed by atoms with Crippen LogP contribution in [-0.2, 0) is 38.4 Å². The largest absolute Gasteiger partial charge is 0.370 e. The number of guanidine groups is 1. The molecule has 250 valence electrons. The summed E-state index contributed by atoms with van der Waals surface area (Å²) in [6.45, 7) is -0.131. The number of hydrogen-bond donors (Lipinski definition) is 10. The van der Waals surface area contributed by atoms with Crippen LogP contribution in [0.2, 0.25) is 0 Å². The Kier molecular flexibility index (Phi) is 14.3. The number of hydrogen-bond acceptors (Lipinski definition) is 10. The molecule has 0 aliphatic carbocycles. The first kappa shape index (κ1) is 36.6. The average molecular weight is 656 g/mol. The number of primary amides is 2. The van der Waals surface area contributed by atoms with Crippen LogP contribution in [0.4, 0.5) is 0 Å². The number of aliphatic imine (C=N–C) groups is 1. The summed E-state index contributed by atoms with van der Waals surface area (Å²) in [6, 6.07) is -5.71. The Balaban J connectivity index is 2.11. The van der Waals surface area contributed by atoms with Crippen molar-refractivity contribution in [2.75, 3.05) is 25.4 Å². The van der Waals surface area contributed by atoms with Gasteiger partial charge >= 0.3 is 0 Å². The van der Waals surface area contributed by atoms with E-state index in [0.29, 0.717) is 12.8 Å². The molecule has 0 radical (unpaired) electrons. The summed E-state index contributed by atoms with van der Waals surface area (Å²) in [7, 11) is 0. The fourth-order valence-corrected chi connectivity index (χ4v) is 5.04. The molecule has 2 aliphatic rings. The third kappa shape index (κ3) is 11.8. The summed E-state index contributed by atoms with van der Waals surface area (Å²) in [5.74, 6) is -5.95. The van der Waals surface area contributed by atoms with E-state index in [1.165, 1.54) is 4.90 Å². The van der Waals surface area contributed by atoms with Crippen molar-refractivity contribution in [3.8, 4) is 0 Å². The van der Waals surface area contributed by atoms with Crippen molar-refractivity contribution >= 4 is 65.8 Å². The van der Waals surface area contributed by atoms with Crippen molar-refractivity contribution < 1.29 is 38.4 Å². The summed E-state index contributed by atoms with van der Waals surface area (Å²) in [5.41, 5.74) is 21.0. The molecule has 2 saturated heterocycles. The van der Waals surface area contributed by atoms with Crippen molar-refractivity contribution in [1.82, 2.24) is 31.5 Å². The van der Waals surface area contributed by atoms with Gasteiger partial charge in [0.25, 0.3) is 0 Å². The number of likely N-dealkylation sites (tertiary alicyclic amines) is 1. The van der Waals surface area contributed by atoms with Crippen LogP contribution >= 0.6 is 12.6 Å². The van der Waals surface area contributed by atoms with Crippen molar-refractivity contribution in [1.29, 1.82) is 0 Å². The SMILES string of the molecule is NC(=O)CNC(=O)[C@H](CCCN=C(N)N)NC(=O)[C@@H]1CCCN1C(=O)[C@H](CS)NC(=O)[C@H](CC(N)=O)NC(=O)[C@@H]1CCC(=O)N1. The van der Waals surface area contributed by atoms with Gasteiger partial charge in [-0.25, -0.2) is 0 Å². The highest BCUT2D eigenvalue weighted by molar-refractivity contribution is 7.80. The lowest BCUT2D eigenvalue weighted by Crippen LogP contribution is -2.59. The zero-order valence-electron chi connectivity index (χ0n) is 24.6. The Morgan fingerprint density at radius 2 is 1.60 bits per heavy atom. The summed E-state index contributed by atoms with van der Waals surface area (Å²) in [4.78, 5) is 104. The molecule has 5 atom stereocenters. The summed E-state index contributed by atoms with van der Waals surface area (Å²) >= 11 is 4.17. The van der Waals surface area contributed by atoms with Crippen LogP contribution in [0.3, 0.4) is 0 Å². The van der Waals surface area contributed by atoms with Crippen LogP contribution < -0.4 is 49.5 Å². The quantitative estimate of drug-likeness (QED) is 0.0306. The molecule has 0 aromatic heterocycles. The summed E-state index contributed by atoms with van der Waals surface area (Å²) < 4.78 is 0. The topological polar surface area (TPSA) is 316 Å². The minimum atomic E-state index is -1.45. The van der Waals surface area contributed by atoms with Crippen molar-refractivity contribution in [2.45, 2.75) is 75.2 Å². The van der Waals surface area contributed by atoms with E-state index in [2.05, 4.69) is 44.2 Å². The van der Waals surface area contributed by atoms with Gasteiger partial charge in [0.15, 0.2) is 5.96 Å². The maximum Gasteiger partial charge on any atom is 0.246 e. The molecule has 19 nitrogen and oxygen atoms in total. The number of nitrogens with zero attached hydrogens (tertiary/aromatic N) is 2. The van der Waals surface area contributed by atoms with Gasteiger partial charge in [0.1, 0.15) is 30.2 Å². The fourth-order valence-electron chi connectivity index (χ4n) is 4.79. The fraction of sp³-hybridized carbons (Fsp3) is 0.640. The maximum absolute atomic E-state index is 13.5. The van der Waals surface area contributed by atoms with Gasteiger partial charge in [0.2, 0.25) is 47.3 Å². The number of carbonyl (C=O) groups excluding carboxylic acids is 8. The normalized spacial score (nSPS) is 19.3. The van der Waals surface area contributed by atoms with E-state index >= 15 is 0 Å². The molecule has 0 bridgehead atoms. The minimum absolute atomic E-state index is 0.0978. The summed E-state index contributed by atoms with van der Waals surface area (Å²) in [5, 5.41) is 12.2. The second-order valence-electron chi connectivity index (χ2n) is 10.5. The van der Waals surface area contributed by atoms with Gasteiger partial charge in [-0.3, -0.25) is 43.3 Å². The van der Waals surface area contributed by atoms with E-state index < -0.39 is 84.5 Å². The molecule has 0 saturated carbocycles. The summed E-state index contributed by atoms with van der Waals surface area (Å²) in [6.07, 6.45) is 0.834. The number of nitrogens with two attached hydrogens (primary N) is 4. The molecule has 8 amide bonds. The van der Waals surface area contributed by atoms with Crippen LogP contribution in [0.15, 0.2) is 4.99 Å². The standard InChI is InChI=1S/C25H41N11O8S/c26-17(37)9-14(34-21(41)13-5-6-19(39)32-13)22(42)35-15(11-45)24(44)36-8-2-4-16(36)23(43)33-12(3-1-7-30-25(28)29)20(40)31-10-18(27)38/h12-16,45H,1-11H2,(H2,26,37)(H2,27,38)(H,31,40)(H,32,39)(H,33,43)(H,34,41)(H,35,42)(H4,28,29,30)/t12-,13-,14-,15-,16-/m0/s1. The highest BCUT2D eigenvalue weighted by Crippen LogP contribution is 2.20. The van der Waals surface area contributed by atoms with Crippen LogP contribution in [0.1, 0.15) is 44.9 Å². The number of amides is 8. The lowest BCUT2D eigenvalue weighted by molar-refractivity contribution is -0.142. The lowest BCUT2D eigenvalue weighted by atomic mass is 10.1. The Morgan fingerprint density at radius 3 is 2.18 bits per heavy atom. The van der Waals surface area contributed by atoms with Gasteiger partial charge in [-0.15, -0.1) is 0 Å². The molecule has 45 heavy (non-hydrogen) atoms. The number of thiol groups is 1. The van der Waals surface area contributed by atoms with E-state index in [9.17, 15) is 38.4 Å². The molecule has 2 heterocycles. The van der Waals surface area contributed by atoms with Gasteiger partial charge in [0, 0.05) is 25.3 Å². The smallest absolute Gasteiger partial charge is 0.246 e. The first-order chi connectivity index (χ1) is 21.2. The van der Waals surface area contributed by atoms with Gasteiger partial charge in [-0.2, -0.15) is 12.6 Å². The average Bonchev–Trinajstić information content (AvgIpc) is 3.64. The molecule has 20 heteroatoms. The third-order valence-corrected chi connectivity index (χ3v) is 7.37. The second-order valence-corrected chi connectivity index (χ2v) is 10.9. The number of nitrogens with one attached hydrogen (secondary N) is 5. The predicted molar refractivity (Wildman–Crippen MR) is 161 cm³/mol. The number of carbonyl (C=O) groups is 8. The van der Waals surface area contributed by atoms with E-state index in [4.69, 9.17) is 22.9 Å². The lowest BCUT2D eigenvalue weighted by Gasteiger charge is -2.30. The Labute approximate surface area is 264 Å². The first-order valence-electron chi connectivity index (χ1n) is 14.2. The Bertz CT molecular complexity index is 1200. The minimum Gasteiger partial charge on any atom is -0.370 e. The number of rotatable bonds is 17. The monoisotopic (exact) mass is 655 g/mol. The van der Waals surface area contributed by atoms with E-state index in [1.54, 1.807) is 0 Å². The molecule has 0 spiro atoms.